The molecule has 2 rings (SSSR count). The number of thiocyanates is 1. The van der Waals surface area contributed by atoms with Crippen LogP contribution in [0.5, 0.6) is 0 Å². The maximum atomic E-state index is 8.62. The Bertz CT molecular complexity index is 546. The Kier molecular flexibility index (Phi) is 2.75. The summed E-state index contributed by atoms with van der Waals surface area (Å²) in [6, 6.07) is 14.2. The van der Waals surface area contributed by atoms with E-state index in [-0.39, 0.29) is 0 Å². The molecule has 0 unspecified atom stereocenters. The molecule has 0 heterocycles. The van der Waals surface area contributed by atoms with Crippen molar-refractivity contribution < 1.29 is 0 Å². The topological polar surface area (TPSA) is 23.8 Å². The molecule has 0 amide bonds. The van der Waals surface area contributed by atoms with Crippen molar-refractivity contribution in [2.45, 2.75) is 0 Å². The fourth-order valence-corrected chi connectivity index (χ4v) is 1.98. The molecule has 0 N–H and O–H groups in total. The van der Waals surface area contributed by atoms with Crippen molar-refractivity contribution in [1.29, 1.82) is 5.26 Å². The van der Waals surface area contributed by atoms with E-state index in [4.69, 9.17) is 5.26 Å². The summed E-state index contributed by atoms with van der Waals surface area (Å²) in [5.74, 6) is 0. The third-order valence-electron chi connectivity index (χ3n) is 2.26. The van der Waals surface area contributed by atoms with Crippen molar-refractivity contribution in [1.82, 2.24) is 0 Å². The molecular formula is C13H9NS. The molecule has 15 heavy (non-hydrogen) atoms. The molecule has 0 aromatic heterocycles. The molecule has 1 nitrogen and oxygen atoms in total. The predicted molar refractivity (Wildman–Crippen MR) is 66.2 cm³/mol. The minimum atomic E-state index is 0.800. The van der Waals surface area contributed by atoms with Crippen LogP contribution in [0.15, 0.2) is 49.0 Å². The number of rotatable bonds is 2. The van der Waals surface area contributed by atoms with Gasteiger partial charge in [-0.1, -0.05) is 49.0 Å². The molecule has 0 saturated carbocycles. The van der Waals surface area contributed by atoms with Crippen LogP contribution in [0, 0.1) is 10.7 Å². The van der Waals surface area contributed by atoms with Crippen LogP contribution in [0.2, 0.25) is 0 Å². The van der Waals surface area contributed by atoms with Crippen LogP contribution in [-0.2, 0) is 0 Å². The van der Waals surface area contributed by atoms with E-state index in [1.165, 1.54) is 5.39 Å². The first-order chi connectivity index (χ1) is 7.33. The first-order valence-electron chi connectivity index (χ1n) is 4.56. The van der Waals surface area contributed by atoms with E-state index in [1.807, 2.05) is 35.7 Å². The van der Waals surface area contributed by atoms with Gasteiger partial charge in [-0.15, -0.1) is 0 Å². The van der Waals surface area contributed by atoms with Crippen LogP contribution in [0.25, 0.3) is 15.7 Å². The van der Waals surface area contributed by atoms with Gasteiger partial charge in [0.1, 0.15) is 5.40 Å². The molecular weight excluding hydrogens is 202 g/mol. The largest absolute Gasteiger partial charge is 0.185 e. The molecule has 0 saturated heterocycles. The summed E-state index contributed by atoms with van der Waals surface area (Å²) in [7, 11) is 0. The van der Waals surface area contributed by atoms with Crippen molar-refractivity contribution >= 4 is 27.4 Å². The Balaban J connectivity index is 2.62. The summed E-state index contributed by atoms with van der Waals surface area (Å²) in [6.07, 6.45) is 0. The highest BCUT2D eigenvalue weighted by atomic mass is 32.2. The Morgan fingerprint density at radius 1 is 1.13 bits per heavy atom. The van der Waals surface area contributed by atoms with Crippen molar-refractivity contribution in [2.75, 3.05) is 0 Å². The van der Waals surface area contributed by atoms with Crippen LogP contribution in [0.1, 0.15) is 5.56 Å². The fourth-order valence-electron chi connectivity index (χ4n) is 1.58. The summed E-state index contributed by atoms with van der Waals surface area (Å²) in [5, 5.41) is 13.0. The Morgan fingerprint density at radius 2 is 1.87 bits per heavy atom. The standard InChI is InChI=1S/C13H9NS/c1-10(15-9-14)12-8-4-6-11-5-2-3-7-13(11)12/h2-8H,1H2. The fraction of sp³-hybridized carbons (Fsp3) is 0. The van der Waals surface area contributed by atoms with Gasteiger partial charge in [-0.05, 0) is 28.1 Å². The minimum Gasteiger partial charge on any atom is -0.185 e. The van der Waals surface area contributed by atoms with Gasteiger partial charge in [-0.2, -0.15) is 5.26 Å². The molecule has 0 aliphatic rings. The van der Waals surface area contributed by atoms with Crippen LogP contribution < -0.4 is 0 Å². The number of fused-ring (bicyclic) bond motifs is 1. The first-order valence-corrected chi connectivity index (χ1v) is 5.37. The first kappa shape index (κ1) is 9.82. The Morgan fingerprint density at radius 3 is 2.67 bits per heavy atom. The molecule has 0 fully saturated rings. The second kappa shape index (κ2) is 4.20. The number of nitrogens with zero attached hydrogens (tertiary/aromatic N) is 1. The average molecular weight is 211 g/mol. The molecule has 0 radical (unpaired) electrons. The summed E-state index contributed by atoms with van der Waals surface area (Å²) >= 11 is 1.11. The van der Waals surface area contributed by atoms with E-state index >= 15 is 0 Å². The number of nitriles is 1. The van der Waals surface area contributed by atoms with Gasteiger partial charge in [0.2, 0.25) is 0 Å². The lowest BCUT2D eigenvalue weighted by Gasteiger charge is -2.05. The van der Waals surface area contributed by atoms with Gasteiger partial charge < -0.3 is 0 Å². The lowest BCUT2D eigenvalue weighted by Crippen LogP contribution is -1.81. The van der Waals surface area contributed by atoms with Crippen LogP contribution >= 0.6 is 11.8 Å². The number of hydrogen-bond donors (Lipinski definition) is 0. The van der Waals surface area contributed by atoms with Gasteiger partial charge in [-0.25, -0.2) is 0 Å². The third-order valence-corrected chi connectivity index (χ3v) is 2.82. The van der Waals surface area contributed by atoms with E-state index in [0.717, 1.165) is 27.6 Å². The number of benzene rings is 2. The predicted octanol–water partition coefficient (Wildman–Crippen LogP) is 4.02. The van der Waals surface area contributed by atoms with Crippen molar-refractivity contribution in [3.05, 3.63) is 54.6 Å². The van der Waals surface area contributed by atoms with Gasteiger partial charge >= 0.3 is 0 Å². The van der Waals surface area contributed by atoms with Gasteiger partial charge in [0, 0.05) is 4.91 Å². The monoisotopic (exact) mass is 211 g/mol. The maximum absolute atomic E-state index is 8.62. The third kappa shape index (κ3) is 1.88. The van der Waals surface area contributed by atoms with Gasteiger partial charge in [0.05, 0.1) is 0 Å². The van der Waals surface area contributed by atoms with Crippen molar-refractivity contribution in [3.63, 3.8) is 0 Å². The number of hydrogen-bond acceptors (Lipinski definition) is 2. The summed E-state index contributed by atoms with van der Waals surface area (Å²) in [6.45, 7) is 3.91. The zero-order valence-corrected chi connectivity index (χ0v) is 8.92. The SMILES string of the molecule is C=C(SC#N)c1cccc2ccccc12. The molecule has 2 aromatic carbocycles. The second-order valence-electron chi connectivity index (χ2n) is 3.14. The average Bonchev–Trinajstić information content (AvgIpc) is 2.28. The van der Waals surface area contributed by atoms with Crippen molar-refractivity contribution in [3.8, 4) is 5.40 Å². The highest BCUT2D eigenvalue weighted by molar-refractivity contribution is 8.12. The number of thioether (sulfide) groups is 1. The smallest absolute Gasteiger partial charge is 0.138 e. The molecule has 2 heteroatoms. The van der Waals surface area contributed by atoms with Crippen LogP contribution in [0.3, 0.4) is 0 Å². The quantitative estimate of drug-likeness (QED) is 0.700. The van der Waals surface area contributed by atoms with Gasteiger partial charge in [-0.3, -0.25) is 0 Å². The molecule has 72 valence electrons. The zero-order chi connectivity index (χ0) is 10.7. The second-order valence-corrected chi connectivity index (χ2v) is 4.02. The van der Waals surface area contributed by atoms with E-state index < -0.39 is 0 Å². The lowest BCUT2D eigenvalue weighted by molar-refractivity contribution is 1.57. The highest BCUT2D eigenvalue weighted by Gasteiger charge is 2.03. The van der Waals surface area contributed by atoms with Gasteiger partial charge in [0.25, 0.3) is 0 Å². The maximum Gasteiger partial charge on any atom is 0.138 e. The minimum absolute atomic E-state index is 0.800. The summed E-state index contributed by atoms with van der Waals surface area (Å²) < 4.78 is 0. The molecule has 0 aliphatic carbocycles. The molecule has 0 bridgehead atoms. The van der Waals surface area contributed by atoms with E-state index in [2.05, 4.69) is 18.7 Å². The van der Waals surface area contributed by atoms with Crippen LogP contribution in [0.4, 0.5) is 0 Å². The van der Waals surface area contributed by atoms with E-state index in [9.17, 15) is 0 Å². The highest BCUT2D eigenvalue weighted by Crippen LogP contribution is 2.30. The molecule has 0 spiro atoms. The molecule has 0 atom stereocenters. The van der Waals surface area contributed by atoms with Crippen molar-refractivity contribution in [2.24, 2.45) is 0 Å². The summed E-state index contributed by atoms with van der Waals surface area (Å²) in [5.41, 5.74) is 1.04. The van der Waals surface area contributed by atoms with E-state index in [1.54, 1.807) is 0 Å². The van der Waals surface area contributed by atoms with Crippen LogP contribution in [-0.4, -0.2) is 0 Å². The lowest BCUT2D eigenvalue weighted by atomic mass is 10.0. The molecule has 2 aromatic rings. The van der Waals surface area contributed by atoms with Gasteiger partial charge in [0.15, 0.2) is 0 Å². The Labute approximate surface area is 93.0 Å². The van der Waals surface area contributed by atoms with E-state index in [0.29, 0.717) is 0 Å². The normalized spacial score (nSPS) is 9.80. The Hall–Kier alpha value is -1.72. The summed E-state index contributed by atoms with van der Waals surface area (Å²) in [4.78, 5) is 0.800. The molecule has 0 aliphatic heterocycles. The zero-order valence-electron chi connectivity index (χ0n) is 8.10.